The third kappa shape index (κ3) is 4.80. The number of fused-ring (bicyclic) bond motifs is 1. The second kappa shape index (κ2) is 8.29. The van der Waals surface area contributed by atoms with Crippen molar-refractivity contribution in [3.05, 3.63) is 40.2 Å². The molecule has 0 unspecified atom stereocenters. The lowest BCUT2D eigenvalue weighted by Crippen LogP contribution is -2.31. The molecule has 1 aromatic carbocycles. The third-order valence-electron chi connectivity index (χ3n) is 3.73. The molecule has 2 rings (SSSR count). The first-order valence-corrected chi connectivity index (χ1v) is 7.81. The summed E-state index contributed by atoms with van der Waals surface area (Å²) < 4.78 is 10.2. The monoisotopic (exact) mass is 348 g/mol. The van der Waals surface area contributed by atoms with Gasteiger partial charge in [-0.25, -0.2) is 4.79 Å². The van der Waals surface area contributed by atoms with E-state index in [9.17, 15) is 14.4 Å². The van der Waals surface area contributed by atoms with Crippen LogP contribution in [0.5, 0.6) is 5.75 Å². The van der Waals surface area contributed by atoms with Crippen molar-refractivity contribution in [1.29, 1.82) is 0 Å². The van der Waals surface area contributed by atoms with Crippen molar-refractivity contribution in [2.24, 2.45) is 5.73 Å². The SMILES string of the molecule is COc1ccc2cc(C(=O)NCCCC[C@H](N)C(=O)O)c(=O)oc2c1. The van der Waals surface area contributed by atoms with Gasteiger partial charge < -0.3 is 25.3 Å². The van der Waals surface area contributed by atoms with Crippen LogP contribution in [0.15, 0.2) is 33.5 Å². The minimum Gasteiger partial charge on any atom is -0.497 e. The largest absolute Gasteiger partial charge is 0.497 e. The highest BCUT2D eigenvalue weighted by atomic mass is 16.5. The molecule has 0 aliphatic heterocycles. The van der Waals surface area contributed by atoms with Gasteiger partial charge in [0.2, 0.25) is 0 Å². The fourth-order valence-corrected chi connectivity index (χ4v) is 2.29. The van der Waals surface area contributed by atoms with Crippen LogP contribution in [0.1, 0.15) is 29.6 Å². The highest BCUT2D eigenvalue weighted by Gasteiger charge is 2.14. The summed E-state index contributed by atoms with van der Waals surface area (Å²) in [7, 11) is 1.50. The van der Waals surface area contributed by atoms with Gasteiger partial charge in [-0.2, -0.15) is 0 Å². The number of carboxylic acids is 1. The fraction of sp³-hybridized carbons (Fsp3) is 0.353. The normalized spacial score (nSPS) is 11.9. The number of benzene rings is 1. The molecule has 1 heterocycles. The van der Waals surface area contributed by atoms with Gasteiger partial charge in [0.25, 0.3) is 5.91 Å². The number of hydrogen-bond acceptors (Lipinski definition) is 6. The summed E-state index contributed by atoms with van der Waals surface area (Å²) in [5.41, 5.74) is 4.92. The van der Waals surface area contributed by atoms with Crippen molar-refractivity contribution in [1.82, 2.24) is 5.32 Å². The molecule has 0 aliphatic carbocycles. The average Bonchev–Trinajstić information content (AvgIpc) is 2.59. The van der Waals surface area contributed by atoms with Crippen LogP contribution in [-0.4, -0.2) is 36.7 Å². The smallest absolute Gasteiger partial charge is 0.349 e. The minimum absolute atomic E-state index is 0.0834. The van der Waals surface area contributed by atoms with Gasteiger partial charge in [0, 0.05) is 18.0 Å². The summed E-state index contributed by atoms with van der Waals surface area (Å²) in [6.07, 6.45) is 1.44. The Kier molecular flexibility index (Phi) is 6.13. The van der Waals surface area contributed by atoms with E-state index in [1.807, 2.05) is 0 Å². The van der Waals surface area contributed by atoms with E-state index in [4.69, 9.17) is 20.0 Å². The second-order valence-electron chi connectivity index (χ2n) is 5.55. The third-order valence-corrected chi connectivity index (χ3v) is 3.73. The average molecular weight is 348 g/mol. The lowest BCUT2D eigenvalue weighted by molar-refractivity contribution is -0.138. The standard InChI is InChI=1S/C17H20N2O6/c1-24-11-6-5-10-8-12(17(23)25-14(10)9-11)15(20)19-7-3-2-4-13(18)16(21)22/h5-6,8-9,13H,2-4,7,18H2,1H3,(H,19,20)(H,21,22)/t13-/m0/s1. The molecule has 0 fully saturated rings. The van der Waals surface area contributed by atoms with Crippen molar-refractivity contribution in [2.45, 2.75) is 25.3 Å². The molecule has 8 heteroatoms. The Bertz CT molecular complexity index is 829. The zero-order chi connectivity index (χ0) is 18.4. The van der Waals surface area contributed by atoms with Crippen molar-refractivity contribution < 1.29 is 23.8 Å². The molecule has 25 heavy (non-hydrogen) atoms. The van der Waals surface area contributed by atoms with Crippen LogP contribution in [-0.2, 0) is 4.79 Å². The zero-order valence-corrected chi connectivity index (χ0v) is 13.8. The number of carbonyl (C=O) groups is 2. The molecule has 4 N–H and O–H groups in total. The molecule has 1 atom stereocenters. The molecule has 0 saturated carbocycles. The van der Waals surface area contributed by atoms with E-state index in [0.717, 1.165) is 0 Å². The Labute approximate surface area is 143 Å². The summed E-state index contributed by atoms with van der Waals surface area (Å²) >= 11 is 0. The highest BCUT2D eigenvalue weighted by molar-refractivity contribution is 5.96. The van der Waals surface area contributed by atoms with E-state index in [1.165, 1.54) is 13.2 Å². The number of nitrogens with two attached hydrogens (primary N) is 1. The molecule has 0 aliphatic rings. The van der Waals surface area contributed by atoms with Crippen LogP contribution in [0, 0.1) is 0 Å². The zero-order valence-electron chi connectivity index (χ0n) is 13.8. The predicted molar refractivity (Wildman–Crippen MR) is 90.8 cm³/mol. The van der Waals surface area contributed by atoms with Gasteiger partial charge in [-0.05, 0) is 37.5 Å². The molecule has 134 valence electrons. The number of carbonyl (C=O) groups excluding carboxylic acids is 1. The molecule has 0 spiro atoms. The van der Waals surface area contributed by atoms with Crippen LogP contribution >= 0.6 is 0 Å². The number of carboxylic acid groups (broad SMARTS) is 1. The van der Waals surface area contributed by atoms with Crippen LogP contribution in [0.3, 0.4) is 0 Å². The van der Waals surface area contributed by atoms with Gasteiger partial charge in [0.15, 0.2) is 0 Å². The number of methoxy groups -OCH3 is 1. The number of rotatable bonds is 8. The maximum absolute atomic E-state index is 12.1. The molecule has 8 nitrogen and oxygen atoms in total. The van der Waals surface area contributed by atoms with Crippen LogP contribution in [0.2, 0.25) is 0 Å². The van der Waals surface area contributed by atoms with Crippen LogP contribution in [0.25, 0.3) is 11.0 Å². The summed E-state index contributed by atoms with van der Waals surface area (Å²) in [6.45, 7) is 0.311. The lowest BCUT2D eigenvalue weighted by atomic mass is 10.1. The topological polar surface area (TPSA) is 132 Å². The van der Waals surface area contributed by atoms with Crippen molar-refractivity contribution in [3.8, 4) is 5.75 Å². The number of nitrogens with one attached hydrogen (secondary N) is 1. The summed E-state index contributed by atoms with van der Waals surface area (Å²) in [6, 6.07) is 5.54. The molecule has 0 saturated heterocycles. The first kappa shape index (κ1) is 18.5. The lowest BCUT2D eigenvalue weighted by Gasteiger charge is -2.07. The number of ether oxygens (including phenoxy) is 1. The van der Waals surface area contributed by atoms with E-state index in [-0.39, 0.29) is 5.56 Å². The molecule has 0 radical (unpaired) electrons. The van der Waals surface area contributed by atoms with E-state index in [0.29, 0.717) is 42.5 Å². The Hall–Kier alpha value is -2.87. The number of hydrogen-bond donors (Lipinski definition) is 3. The Morgan fingerprint density at radius 1 is 1.32 bits per heavy atom. The minimum atomic E-state index is -1.05. The number of aliphatic carboxylic acids is 1. The van der Waals surface area contributed by atoms with Crippen molar-refractivity contribution in [2.75, 3.05) is 13.7 Å². The second-order valence-corrected chi connectivity index (χ2v) is 5.55. The highest BCUT2D eigenvalue weighted by Crippen LogP contribution is 2.20. The molecule has 1 amide bonds. The Morgan fingerprint density at radius 3 is 2.76 bits per heavy atom. The van der Waals surface area contributed by atoms with Gasteiger partial charge in [-0.3, -0.25) is 9.59 Å². The van der Waals surface area contributed by atoms with E-state index < -0.39 is 23.5 Å². The molecule has 2 aromatic rings. The number of unbranched alkanes of at least 4 members (excludes halogenated alkanes) is 1. The summed E-state index contributed by atoms with van der Waals surface area (Å²) in [5, 5.41) is 11.9. The fourth-order valence-electron chi connectivity index (χ4n) is 2.29. The Balaban J connectivity index is 1.96. The summed E-state index contributed by atoms with van der Waals surface area (Å²) in [5.74, 6) is -1.03. The maximum atomic E-state index is 12.1. The van der Waals surface area contributed by atoms with Gasteiger partial charge in [-0.1, -0.05) is 0 Å². The first-order valence-electron chi connectivity index (χ1n) is 7.81. The van der Waals surface area contributed by atoms with E-state index >= 15 is 0 Å². The first-order chi connectivity index (χ1) is 11.9. The van der Waals surface area contributed by atoms with Crippen molar-refractivity contribution in [3.63, 3.8) is 0 Å². The van der Waals surface area contributed by atoms with E-state index in [2.05, 4.69) is 5.32 Å². The van der Waals surface area contributed by atoms with Gasteiger partial charge in [-0.15, -0.1) is 0 Å². The Morgan fingerprint density at radius 2 is 2.08 bits per heavy atom. The van der Waals surface area contributed by atoms with Gasteiger partial charge >= 0.3 is 11.6 Å². The molecule has 0 bridgehead atoms. The van der Waals surface area contributed by atoms with Gasteiger partial charge in [0.1, 0.15) is 22.9 Å². The quantitative estimate of drug-likeness (QED) is 0.481. The number of amides is 1. The van der Waals surface area contributed by atoms with Gasteiger partial charge in [0.05, 0.1) is 7.11 Å². The molecular formula is C17H20N2O6. The summed E-state index contributed by atoms with van der Waals surface area (Å²) in [4.78, 5) is 34.7. The van der Waals surface area contributed by atoms with Crippen LogP contribution in [0.4, 0.5) is 0 Å². The molecule has 1 aromatic heterocycles. The molecular weight excluding hydrogens is 328 g/mol. The van der Waals surface area contributed by atoms with Crippen molar-refractivity contribution >= 4 is 22.8 Å². The van der Waals surface area contributed by atoms with E-state index in [1.54, 1.807) is 18.2 Å². The predicted octanol–water partition coefficient (Wildman–Crippen LogP) is 1.11. The maximum Gasteiger partial charge on any atom is 0.349 e. The van der Waals surface area contributed by atoms with Crippen LogP contribution < -0.4 is 21.4 Å².